The lowest BCUT2D eigenvalue weighted by atomic mass is 9.97. The minimum absolute atomic E-state index is 0.0109. The fourth-order valence-electron chi connectivity index (χ4n) is 3.85. The first kappa shape index (κ1) is 21.9. The summed E-state index contributed by atoms with van der Waals surface area (Å²) < 4.78 is 41.6. The number of rotatable bonds is 7. The van der Waals surface area contributed by atoms with Crippen molar-refractivity contribution in [1.29, 1.82) is 0 Å². The van der Waals surface area contributed by atoms with Crippen molar-refractivity contribution in [3.63, 3.8) is 0 Å². The number of halogens is 3. The average Bonchev–Trinajstić information content (AvgIpc) is 3.04. The van der Waals surface area contributed by atoms with Crippen LogP contribution in [-0.2, 0) is 19.1 Å². The Bertz CT molecular complexity index is 1050. The van der Waals surface area contributed by atoms with Gasteiger partial charge in [0.2, 0.25) is 0 Å². The molecule has 3 aromatic rings. The second-order valence-electron chi connectivity index (χ2n) is 7.90. The lowest BCUT2D eigenvalue weighted by Gasteiger charge is -2.20. The van der Waals surface area contributed by atoms with Crippen LogP contribution in [0.2, 0.25) is 0 Å². The van der Waals surface area contributed by atoms with E-state index >= 15 is 0 Å². The first-order valence-electron chi connectivity index (χ1n) is 9.82. The van der Waals surface area contributed by atoms with Crippen molar-refractivity contribution in [2.45, 2.75) is 52.0 Å². The molecule has 4 nitrogen and oxygen atoms in total. The summed E-state index contributed by atoms with van der Waals surface area (Å²) in [5, 5.41) is 13.6. The van der Waals surface area contributed by atoms with Gasteiger partial charge in [0.05, 0.1) is 16.6 Å². The van der Waals surface area contributed by atoms with E-state index in [1.54, 1.807) is 16.8 Å². The Labute approximate surface area is 173 Å². The predicted molar refractivity (Wildman–Crippen MR) is 111 cm³/mol. The van der Waals surface area contributed by atoms with Crippen LogP contribution in [0.4, 0.5) is 13.2 Å². The molecule has 0 aliphatic rings. The summed E-state index contributed by atoms with van der Waals surface area (Å²) in [4.78, 5) is 11.6. The molecular weight excluding hydrogens is 393 g/mol. The number of nitrogens with one attached hydrogen (secondary N) is 1. The molecule has 0 bridgehead atoms. The molecule has 160 valence electrons. The average molecular weight is 418 g/mol. The maximum absolute atomic E-state index is 13.3. The molecule has 0 saturated carbocycles. The number of para-hydroxylation sites is 1. The molecule has 3 rings (SSSR count). The van der Waals surface area contributed by atoms with Gasteiger partial charge in [-0.05, 0) is 48.7 Å². The summed E-state index contributed by atoms with van der Waals surface area (Å²) >= 11 is 0. The van der Waals surface area contributed by atoms with Gasteiger partial charge in [-0.3, -0.25) is 0 Å². The highest BCUT2D eigenvalue weighted by Crippen LogP contribution is 2.32. The Morgan fingerprint density at radius 3 is 2.47 bits per heavy atom. The van der Waals surface area contributed by atoms with Gasteiger partial charge < -0.3 is 15.0 Å². The monoisotopic (exact) mass is 418 g/mol. The number of hydrogen-bond donors (Lipinski definition) is 2. The Kier molecular flexibility index (Phi) is 6.22. The highest BCUT2D eigenvalue weighted by atomic mass is 19.4. The summed E-state index contributed by atoms with van der Waals surface area (Å²) in [5.74, 6) is -1.04. The smallest absolute Gasteiger partial charge is 0.416 e. The van der Waals surface area contributed by atoms with Crippen LogP contribution in [0.3, 0.4) is 0 Å². The fraction of sp³-hybridized carbons (Fsp3) is 0.348. The topological polar surface area (TPSA) is 54.3 Å². The quantitative estimate of drug-likeness (QED) is 0.545. The van der Waals surface area contributed by atoms with E-state index in [-0.39, 0.29) is 24.2 Å². The molecule has 1 atom stereocenters. The van der Waals surface area contributed by atoms with E-state index in [4.69, 9.17) is 0 Å². The number of carboxylic acid groups (broad SMARTS) is 1. The molecular formula is C23H25F3N2O2. The van der Waals surface area contributed by atoms with Crippen molar-refractivity contribution < 1.29 is 23.1 Å². The van der Waals surface area contributed by atoms with Crippen molar-refractivity contribution >= 4 is 16.9 Å². The molecule has 2 aromatic carbocycles. The van der Waals surface area contributed by atoms with Crippen LogP contribution in [0.5, 0.6) is 0 Å². The van der Waals surface area contributed by atoms with E-state index in [9.17, 15) is 23.1 Å². The van der Waals surface area contributed by atoms with Gasteiger partial charge in [-0.25, -0.2) is 4.79 Å². The summed E-state index contributed by atoms with van der Waals surface area (Å²) in [6.45, 7) is 6.21. The van der Waals surface area contributed by atoms with E-state index in [1.165, 1.54) is 18.2 Å². The predicted octanol–water partition coefficient (Wildman–Crippen LogP) is 5.34. The minimum atomic E-state index is -4.42. The second kappa shape index (κ2) is 8.52. The van der Waals surface area contributed by atoms with Crippen LogP contribution < -0.4 is 5.32 Å². The van der Waals surface area contributed by atoms with Crippen LogP contribution in [0, 0.1) is 0 Å². The first-order valence-corrected chi connectivity index (χ1v) is 9.82. The van der Waals surface area contributed by atoms with Crippen LogP contribution in [0.15, 0.2) is 48.7 Å². The maximum atomic E-state index is 13.3. The largest absolute Gasteiger partial charge is 0.478 e. The third-order valence-corrected chi connectivity index (χ3v) is 5.04. The van der Waals surface area contributed by atoms with Gasteiger partial charge in [-0.1, -0.05) is 32.0 Å². The normalized spacial score (nSPS) is 13.2. The minimum Gasteiger partial charge on any atom is -0.478 e. The Morgan fingerprint density at radius 1 is 1.10 bits per heavy atom. The molecule has 0 spiro atoms. The van der Waals surface area contributed by atoms with Crippen molar-refractivity contribution in [3.05, 3.63) is 70.9 Å². The van der Waals surface area contributed by atoms with E-state index in [0.717, 1.165) is 17.0 Å². The van der Waals surface area contributed by atoms with Crippen LogP contribution in [0.1, 0.15) is 47.8 Å². The number of carbonyl (C=O) groups is 1. The number of carboxylic acids is 1. The molecule has 7 heteroatoms. The van der Waals surface area contributed by atoms with Crippen LogP contribution >= 0.6 is 0 Å². The third kappa shape index (κ3) is 4.84. The first-order chi connectivity index (χ1) is 14.1. The maximum Gasteiger partial charge on any atom is 0.416 e. The van der Waals surface area contributed by atoms with Gasteiger partial charge in [-0.2, -0.15) is 13.2 Å². The zero-order chi connectivity index (χ0) is 22.1. The Balaban J connectivity index is 2.03. The summed E-state index contributed by atoms with van der Waals surface area (Å²) in [7, 11) is 0. The van der Waals surface area contributed by atoms with Crippen molar-refractivity contribution in [2.75, 3.05) is 0 Å². The van der Waals surface area contributed by atoms with E-state index in [2.05, 4.69) is 5.32 Å². The standard InChI is InChI=1S/C23H25F3N2O2/c1-14(2)27-15(3)11-18-12-19(23(24,25)26)8-7-17(18)13-28-10-9-16-5-4-6-20(21(16)28)22(29)30/h4-10,12,14-15,27H,11,13H2,1-3H3,(H,29,30). The van der Waals surface area contributed by atoms with Crippen LogP contribution in [-0.4, -0.2) is 27.7 Å². The molecule has 30 heavy (non-hydrogen) atoms. The van der Waals surface area contributed by atoms with E-state index in [0.29, 0.717) is 17.5 Å². The van der Waals surface area contributed by atoms with Gasteiger partial charge in [0.1, 0.15) is 0 Å². The van der Waals surface area contributed by atoms with Crippen molar-refractivity contribution in [3.8, 4) is 0 Å². The fourth-order valence-corrected chi connectivity index (χ4v) is 3.85. The molecule has 0 fully saturated rings. The third-order valence-electron chi connectivity index (χ3n) is 5.04. The summed E-state index contributed by atoms with van der Waals surface area (Å²) in [6.07, 6.45) is -2.21. The molecule has 0 amide bonds. The van der Waals surface area contributed by atoms with Gasteiger partial charge in [0.25, 0.3) is 0 Å². The zero-order valence-electron chi connectivity index (χ0n) is 17.1. The number of fused-ring (bicyclic) bond motifs is 1. The van der Waals surface area contributed by atoms with Gasteiger partial charge in [-0.15, -0.1) is 0 Å². The lowest BCUT2D eigenvalue weighted by molar-refractivity contribution is -0.137. The van der Waals surface area contributed by atoms with Crippen molar-refractivity contribution in [1.82, 2.24) is 9.88 Å². The number of nitrogens with zero attached hydrogens (tertiary/aromatic N) is 1. The molecule has 0 saturated heterocycles. The molecule has 0 radical (unpaired) electrons. The second-order valence-corrected chi connectivity index (χ2v) is 7.90. The highest BCUT2D eigenvalue weighted by molar-refractivity contribution is 6.02. The van der Waals surface area contributed by atoms with Gasteiger partial charge >= 0.3 is 12.1 Å². The molecule has 1 aromatic heterocycles. The Morgan fingerprint density at radius 2 is 1.83 bits per heavy atom. The number of hydrogen-bond acceptors (Lipinski definition) is 2. The molecule has 2 N–H and O–H groups in total. The molecule has 1 unspecified atom stereocenters. The number of alkyl halides is 3. The van der Waals surface area contributed by atoms with E-state index in [1.807, 2.05) is 32.9 Å². The van der Waals surface area contributed by atoms with Crippen LogP contribution in [0.25, 0.3) is 10.9 Å². The molecule has 0 aliphatic heterocycles. The van der Waals surface area contributed by atoms with Gasteiger partial charge in [0, 0.05) is 30.2 Å². The molecule has 1 heterocycles. The number of aromatic nitrogens is 1. The zero-order valence-corrected chi connectivity index (χ0v) is 17.1. The molecule has 0 aliphatic carbocycles. The Hall–Kier alpha value is -2.80. The number of benzene rings is 2. The number of aromatic carboxylic acids is 1. The van der Waals surface area contributed by atoms with Crippen molar-refractivity contribution in [2.24, 2.45) is 0 Å². The van der Waals surface area contributed by atoms with Gasteiger partial charge in [0.15, 0.2) is 0 Å². The lowest BCUT2D eigenvalue weighted by Crippen LogP contribution is -2.34. The van der Waals surface area contributed by atoms with E-state index < -0.39 is 17.7 Å². The summed E-state index contributed by atoms with van der Waals surface area (Å²) in [5.41, 5.74) is 1.38. The SMILES string of the molecule is CC(C)NC(C)Cc1cc(C(F)(F)F)ccc1Cn1ccc2cccc(C(=O)O)c21. The highest BCUT2D eigenvalue weighted by Gasteiger charge is 2.31. The summed E-state index contributed by atoms with van der Waals surface area (Å²) in [6, 6.07) is 10.8.